The second-order valence-corrected chi connectivity index (χ2v) is 13.0. The number of carboxylic acids is 1. The van der Waals surface area contributed by atoms with Crippen LogP contribution in [-0.2, 0) is 30.3 Å². The summed E-state index contributed by atoms with van der Waals surface area (Å²) < 4.78 is 10.7. The molecule has 3 N–H and O–H groups in total. The molecule has 0 aliphatic carbocycles. The van der Waals surface area contributed by atoms with Crippen LogP contribution in [0.4, 0.5) is 0 Å². The molecule has 9 nitrogen and oxygen atoms in total. The third-order valence-electron chi connectivity index (χ3n) is 7.79. The fraction of sp³-hybridized carbons (Fsp3) is 0.514. The fourth-order valence-electron chi connectivity index (χ4n) is 5.16. The van der Waals surface area contributed by atoms with E-state index in [1.807, 2.05) is 32.9 Å². The van der Waals surface area contributed by atoms with Gasteiger partial charge in [0, 0.05) is 13.0 Å². The molecule has 0 saturated heterocycles. The Labute approximate surface area is 284 Å². The summed E-state index contributed by atoms with van der Waals surface area (Å²) in [6, 6.07) is 14.6. The van der Waals surface area contributed by atoms with E-state index in [9.17, 15) is 24.3 Å². The number of benzene rings is 2. The van der Waals surface area contributed by atoms with Gasteiger partial charge in [0.25, 0.3) is 0 Å². The Morgan fingerprint density at radius 3 is 2.30 bits per heavy atom. The summed E-state index contributed by atoms with van der Waals surface area (Å²) in [5.41, 5.74) is 2.02. The first-order valence-electron chi connectivity index (χ1n) is 16.4. The zero-order valence-corrected chi connectivity index (χ0v) is 29.2. The van der Waals surface area contributed by atoms with Crippen molar-refractivity contribution < 1.29 is 33.8 Å². The zero-order chi connectivity index (χ0) is 34.9. The van der Waals surface area contributed by atoms with Crippen molar-refractivity contribution in [3.63, 3.8) is 0 Å². The van der Waals surface area contributed by atoms with Gasteiger partial charge in [-0.25, -0.2) is 4.79 Å². The van der Waals surface area contributed by atoms with Crippen LogP contribution in [0.1, 0.15) is 84.3 Å². The quantitative estimate of drug-likeness (QED) is 0.105. The highest BCUT2D eigenvalue weighted by Gasteiger charge is 2.28. The normalized spacial score (nSPS) is 14.6. The molecule has 0 fully saturated rings. The lowest BCUT2D eigenvalue weighted by Gasteiger charge is -2.21. The van der Waals surface area contributed by atoms with E-state index in [2.05, 4.69) is 48.7 Å². The second-order valence-electron chi connectivity index (χ2n) is 12.6. The highest BCUT2D eigenvalue weighted by molar-refractivity contribution is 6.32. The average Bonchev–Trinajstić information content (AvgIpc) is 3.02. The molecule has 0 spiro atoms. The van der Waals surface area contributed by atoms with Crippen molar-refractivity contribution in [3.05, 3.63) is 76.8 Å². The Morgan fingerprint density at radius 2 is 1.68 bits per heavy atom. The largest absolute Gasteiger partial charge is 0.492 e. The minimum atomic E-state index is -1.26. The van der Waals surface area contributed by atoms with Gasteiger partial charge in [-0.3, -0.25) is 14.4 Å². The number of ether oxygens (including phenoxy) is 2. The molecular weight excluding hydrogens is 620 g/mol. The standard InChI is InChI=1S/C37H51ClN2O7/c1-7-46-32-18-17-28(21-30(32)38)22-31(35(42)39-23-27(6)37(45)47-33(36(43)44)19-24(2)3)40-34(41)16-12-11-13-25(4)20-26(5)29-14-9-8-10-15-29/h8-10,12,14-18,21,24-27,31,33H,7,11,13,19-20,22-23H2,1-6H3,(H,39,42)(H,40,41)(H,43,44)/b16-12+/t25?,26?,27?,31-,33?/m1/s1. The van der Waals surface area contributed by atoms with Crippen LogP contribution in [0.3, 0.4) is 0 Å². The van der Waals surface area contributed by atoms with E-state index in [0.29, 0.717) is 34.8 Å². The number of allylic oxidation sites excluding steroid dienone is 1. The lowest BCUT2D eigenvalue weighted by molar-refractivity contribution is -0.167. The molecule has 0 aliphatic heterocycles. The number of rotatable bonds is 20. The van der Waals surface area contributed by atoms with E-state index in [1.165, 1.54) is 11.6 Å². The molecule has 2 aromatic rings. The molecule has 0 aliphatic rings. The topological polar surface area (TPSA) is 131 Å². The summed E-state index contributed by atoms with van der Waals surface area (Å²) in [6.45, 7) is 11.8. The molecule has 258 valence electrons. The van der Waals surface area contributed by atoms with E-state index in [4.69, 9.17) is 21.1 Å². The molecule has 0 bridgehead atoms. The molecular formula is C37H51ClN2O7. The Bertz CT molecular complexity index is 1330. The average molecular weight is 671 g/mol. The molecule has 4 unspecified atom stereocenters. The predicted molar refractivity (Wildman–Crippen MR) is 184 cm³/mol. The van der Waals surface area contributed by atoms with Crippen molar-refractivity contribution in [1.82, 2.24) is 10.6 Å². The minimum absolute atomic E-state index is 0.0140. The minimum Gasteiger partial charge on any atom is -0.492 e. The van der Waals surface area contributed by atoms with Gasteiger partial charge < -0.3 is 25.2 Å². The van der Waals surface area contributed by atoms with Crippen LogP contribution in [0.2, 0.25) is 5.02 Å². The van der Waals surface area contributed by atoms with Crippen molar-refractivity contribution >= 4 is 35.4 Å². The van der Waals surface area contributed by atoms with Gasteiger partial charge >= 0.3 is 11.9 Å². The van der Waals surface area contributed by atoms with Crippen molar-refractivity contribution in [1.29, 1.82) is 0 Å². The summed E-state index contributed by atoms with van der Waals surface area (Å²) in [5.74, 6) is -2.24. The van der Waals surface area contributed by atoms with Gasteiger partial charge in [0.1, 0.15) is 11.8 Å². The van der Waals surface area contributed by atoms with E-state index >= 15 is 0 Å². The number of hydrogen-bond acceptors (Lipinski definition) is 6. The number of hydrogen-bond donors (Lipinski definition) is 3. The molecule has 0 heterocycles. The van der Waals surface area contributed by atoms with Crippen LogP contribution >= 0.6 is 11.6 Å². The molecule has 2 aromatic carbocycles. The maximum atomic E-state index is 13.3. The van der Waals surface area contributed by atoms with E-state index in [-0.39, 0.29) is 25.3 Å². The highest BCUT2D eigenvalue weighted by Crippen LogP contribution is 2.27. The van der Waals surface area contributed by atoms with Gasteiger partial charge in [0.05, 0.1) is 17.5 Å². The number of esters is 1. The maximum Gasteiger partial charge on any atom is 0.345 e. The molecule has 0 aromatic heterocycles. The molecule has 5 atom stereocenters. The van der Waals surface area contributed by atoms with Crippen LogP contribution in [0.15, 0.2) is 60.7 Å². The van der Waals surface area contributed by atoms with Gasteiger partial charge in [-0.2, -0.15) is 0 Å². The van der Waals surface area contributed by atoms with E-state index in [1.54, 1.807) is 25.1 Å². The van der Waals surface area contributed by atoms with Crippen LogP contribution in [0, 0.1) is 17.8 Å². The first-order chi connectivity index (χ1) is 22.3. The molecule has 2 amide bonds. The number of nitrogens with one attached hydrogen (secondary N) is 2. The van der Waals surface area contributed by atoms with Crippen LogP contribution in [0.5, 0.6) is 5.75 Å². The van der Waals surface area contributed by atoms with Gasteiger partial charge in [0.15, 0.2) is 6.10 Å². The number of aliphatic carboxylic acids is 1. The van der Waals surface area contributed by atoms with Crippen molar-refractivity contribution in [2.75, 3.05) is 13.2 Å². The van der Waals surface area contributed by atoms with Gasteiger partial charge in [-0.05, 0) is 79.7 Å². The smallest absolute Gasteiger partial charge is 0.345 e. The summed E-state index contributed by atoms with van der Waals surface area (Å²) >= 11 is 6.37. The first-order valence-corrected chi connectivity index (χ1v) is 16.8. The molecule has 0 radical (unpaired) electrons. The van der Waals surface area contributed by atoms with Crippen molar-refractivity contribution in [2.45, 2.75) is 91.7 Å². The Hall–Kier alpha value is -3.85. The summed E-state index contributed by atoms with van der Waals surface area (Å²) in [6.07, 6.45) is 4.99. The number of carbonyl (C=O) groups is 4. The van der Waals surface area contributed by atoms with Gasteiger partial charge in [-0.1, -0.05) is 88.7 Å². The first kappa shape index (κ1) is 39.3. The van der Waals surface area contributed by atoms with Crippen molar-refractivity contribution in [3.8, 4) is 5.75 Å². The predicted octanol–water partition coefficient (Wildman–Crippen LogP) is 6.73. The number of carboxylic acid groups (broad SMARTS) is 1. The fourth-order valence-corrected chi connectivity index (χ4v) is 5.42. The molecule has 47 heavy (non-hydrogen) atoms. The van der Waals surface area contributed by atoms with Gasteiger partial charge in [-0.15, -0.1) is 0 Å². The SMILES string of the molecule is CCOc1ccc(C[C@@H](NC(=O)/C=C/CCC(C)CC(C)c2ccccc2)C(=O)NCC(C)C(=O)OC(CC(C)C)C(=O)O)cc1Cl. The lowest BCUT2D eigenvalue weighted by atomic mass is 9.89. The van der Waals surface area contributed by atoms with E-state index in [0.717, 1.165) is 19.3 Å². The second kappa shape index (κ2) is 20.4. The Morgan fingerprint density at radius 1 is 0.979 bits per heavy atom. The maximum absolute atomic E-state index is 13.3. The van der Waals surface area contributed by atoms with Crippen LogP contribution in [-0.4, -0.2) is 54.2 Å². The summed E-state index contributed by atoms with van der Waals surface area (Å²) in [5, 5.41) is 15.3. The number of carbonyl (C=O) groups excluding carboxylic acids is 3. The van der Waals surface area contributed by atoms with Crippen LogP contribution < -0.4 is 15.4 Å². The molecule has 10 heteroatoms. The summed E-state index contributed by atoms with van der Waals surface area (Å²) in [7, 11) is 0. The molecule has 0 saturated carbocycles. The Balaban J connectivity index is 2.02. The summed E-state index contributed by atoms with van der Waals surface area (Å²) in [4.78, 5) is 50.4. The number of halogens is 1. The Kier molecular flexibility index (Phi) is 17.1. The van der Waals surface area contributed by atoms with Crippen molar-refractivity contribution in [2.24, 2.45) is 17.8 Å². The highest BCUT2D eigenvalue weighted by atomic mass is 35.5. The zero-order valence-electron chi connectivity index (χ0n) is 28.5. The molecule has 2 rings (SSSR count). The van der Waals surface area contributed by atoms with Crippen LogP contribution in [0.25, 0.3) is 0 Å². The lowest BCUT2D eigenvalue weighted by Crippen LogP contribution is -2.49. The third kappa shape index (κ3) is 14.6. The third-order valence-corrected chi connectivity index (χ3v) is 8.09. The number of amides is 2. The van der Waals surface area contributed by atoms with E-state index < -0.39 is 41.8 Å². The van der Waals surface area contributed by atoms with Gasteiger partial charge in [0.2, 0.25) is 11.8 Å². The monoisotopic (exact) mass is 670 g/mol.